The topological polar surface area (TPSA) is 59.7 Å². The second kappa shape index (κ2) is 12.3. The minimum atomic E-state index is 0.584. The minimum absolute atomic E-state index is 0.584. The summed E-state index contributed by atoms with van der Waals surface area (Å²) in [5.41, 5.74) is 1.71. The summed E-state index contributed by atoms with van der Waals surface area (Å²) in [7, 11) is 2.02. The van der Waals surface area contributed by atoms with Crippen LogP contribution in [0.3, 0.4) is 0 Å². The lowest BCUT2D eigenvalue weighted by Crippen LogP contribution is -2.25. The molecule has 1 atom stereocenters. The van der Waals surface area contributed by atoms with E-state index in [1.807, 2.05) is 14.0 Å². The van der Waals surface area contributed by atoms with E-state index in [9.17, 15) is 0 Å². The van der Waals surface area contributed by atoms with E-state index in [2.05, 4.69) is 12.2 Å². The lowest BCUT2D eigenvalue weighted by Gasteiger charge is -2.15. The molecule has 3 heteroatoms. The molecule has 3 N–H and O–H groups in total. The summed E-state index contributed by atoms with van der Waals surface area (Å²) in [4.78, 5) is 0. The highest BCUT2D eigenvalue weighted by molar-refractivity contribution is 5.81. The molecule has 0 aliphatic carbocycles. The molecule has 0 heterocycles. The first-order valence-electron chi connectivity index (χ1n) is 7.87. The Morgan fingerprint density at radius 3 is 2.11 bits per heavy atom. The van der Waals surface area contributed by atoms with Crippen molar-refractivity contribution in [2.24, 2.45) is 0 Å². The molecule has 0 rings (SSSR count). The molecule has 0 aromatic rings. The van der Waals surface area contributed by atoms with Gasteiger partial charge in [0.1, 0.15) is 0 Å². The fourth-order valence-corrected chi connectivity index (χ4v) is 2.34. The Bertz CT molecular complexity index is 248. The van der Waals surface area contributed by atoms with Crippen LogP contribution in [0.4, 0.5) is 0 Å². The standard InChI is InChI=1S/C16H33N3/c1-4-9-16(19-3)13-12-15(18)11-8-6-5-7-10-14(2)17/h16-19H,4-13H2,1-3H3. The van der Waals surface area contributed by atoms with Gasteiger partial charge in [-0.3, -0.25) is 0 Å². The molecule has 3 nitrogen and oxygen atoms in total. The van der Waals surface area contributed by atoms with Crippen LogP contribution in [-0.2, 0) is 0 Å². The smallest absolute Gasteiger partial charge is 0.00897 e. The zero-order valence-corrected chi connectivity index (χ0v) is 13.1. The van der Waals surface area contributed by atoms with Crippen LogP contribution in [0.5, 0.6) is 0 Å². The molecular weight excluding hydrogens is 234 g/mol. The van der Waals surface area contributed by atoms with Crippen LogP contribution in [0.15, 0.2) is 0 Å². The highest BCUT2D eigenvalue weighted by atomic mass is 14.9. The normalized spacial score (nSPS) is 12.4. The number of rotatable bonds is 13. The van der Waals surface area contributed by atoms with Crippen molar-refractivity contribution in [2.45, 2.75) is 84.1 Å². The molecule has 0 fully saturated rings. The maximum atomic E-state index is 7.98. The predicted octanol–water partition coefficient (Wildman–Crippen LogP) is 4.55. The molecule has 0 aromatic carbocycles. The van der Waals surface area contributed by atoms with Crippen molar-refractivity contribution >= 4 is 11.4 Å². The summed E-state index contributed by atoms with van der Waals surface area (Å²) in [6.45, 7) is 4.09. The minimum Gasteiger partial charge on any atom is -0.317 e. The second-order valence-corrected chi connectivity index (χ2v) is 5.61. The first-order chi connectivity index (χ1) is 9.10. The number of unbranched alkanes of at least 4 members (excludes halogenated alkanes) is 3. The molecule has 0 amide bonds. The average molecular weight is 267 g/mol. The van der Waals surface area contributed by atoms with E-state index in [4.69, 9.17) is 10.8 Å². The summed E-state index contributed by atoms with van der Waals surface area (Å²) in [6, 6.07) is 0.584. The van der Waals surface area contributed by atoms with Crippen molar-refractivity contribution in [2.75, 3.05) is 7.05 Å². The predicted molar refractivity (Wildman–Crippen MR) is 85.8 cm³/mol. The molecule has 112 valence electrons. The molecular formula is C16H33N3. The van der Waals surface area contributed by atoms with E-state index < -0.39 is 0 Å². The lowest BCUT2D eigenvalue weighted by atomic mass is 10.0. The van der Waals surface area contributed by atoms with E-state index in [1.54, 1.807) is 0 Å². The van der Waals surface area contributed by atoms with Gasteiger partial charge in [0.2, 0.25) is 0 Å². The first-order valence-corrected chi connectivity index (χ1v) is 7.87. The molecule has 0 radical (unpaired) electrons. The van der Waals surface area contributed by atoms with Gasteiger partial charge in [-0.05, 0) is 58.9 Å². The van der Waals surface area contributed by atoms with Gasteiger partial charge in [-0.15, -0.1) is 0 Å². The highest BCUT2D eigenvalue weighted by Gasteiger charge is 2.06. The molecule has 19 heavy (non-hydrogen) atoms. The van der Waals surface area contributed by atoms with Gasteiger partial charge in [0, 0.05) is 17.5 Å². The van der Waals surface area contributed by atoms with Crippen LogP contribution in [0, 0.1) is 10.8 Å². The van der Waals surface area contributed by atoms with Gasteiger partial charge in [0.25, 0.3) is 0 Å². The van der Waals surface area contributed by atoms with Crippen LogP contribution < -0.4 is 5.32 Å². The zero-order valence-electron chi connectivity index (χ0n) is 13.1. The van der Waals surface area contributed by atoms with Gasteiger partial charge < -0.3 is 16.1 Å². The van der Waals surface area contributed by atoms with Crippen molar-refractivity contribution < 1.29 is 0 Å². The third-order valence-electron chi connectivity index (χ3n) is 3.62. The highest BCUT2D eigenvalue weighted by Crippen LogP contribution is 2.10. The van der Waals surface area contributed by atoms with Crippen molar-refractivity contribution in [3.63, 3.8) is 0 Å². The maximum Gasteiger partial charge on any atom is 0.00897 e. The summed E-state index contributed by atoms with van der Waals surface area (Å²) < 4.78 is 0. The van der Waals surface area contributed by atoms with Crippen LogP contribution in [0.25, 0.3) is 0 Å². The Morgan fingerprint density at radius 1 is 0.947 bits per heavy atom. The van der Waals surface area contributed by atoms with E-state index in [0.29, 0.717) is 6.04 Å². The molecule has 0 aliphatic rings. The second-order valence-electron chi connectivity index (χ2n) is 5.61. The van der Waals surface area contributed by atoms with Crippen molar-refractivity contribution in [3.05, 3.63) is 0 Å². The average Bonchev–Trinajstić information content (AvgIpc) is 2.38. The molecule has 0 saturated carbocycles. The molecule has 0 spiro atoms. The zero-order chi connectivity index (χ0) is 14.5. The van der Waals surface area contributed by atoms with Crippen molar-refractivity contribution in [1.82, 2.24) is 5.32 Å². The lowest BCUT2D eigenvalue weighted by molar-refractivity contribution is 0.490. The number of nitrogens with one attached hydrogen (secondary N) is 3. The summed E-state index contributed by atoms with van der Waals surface area (Å²) in [6.07, 6.45) is 11.1. The Labute approximate surface area is 119 Å². The summed E-state index contributed by atoms with van der Waals surface area (Å²) in [5, 5.41) is 18.7. The van der Waals surface area contributed by atoms with Crippen LogP contribution in [0.2, 0.25) is 0 Å². The van der Waals surface area contributed by atoms with Crippen LogP contribution in [0.1, 0.15) is 78.1 Å². The van der Waals surface area contributed by atoms with Gasteiger partial charge in [-0.25, -0.2) is 0 Å². The van der Waals surface area contributed by atoms with E-state index in [-0.39, 0.29) is 0 Å². The third-order valence-corrected chi connectivity index (χ3v) is 3.62. The summed E-state index contributed by atoms with van der Waals surface area (Å²) >= 11 is 0. The maximum absolute atomic E-state index is 7.98. The van der Waals surface area contributed by atoms with Gasteiger partial charge in [0.05, 0.1) is 0 Å². The van der Waals surface area contributed by atoms with Crippen molar-refractivity contribution in [1.29, 1.82) is 10.8 Å². The van der Waals surface area contributed by atoms with E-state index in [1.165, 1.54) is 25.7 Å². The number of hydrogen-bond acceptors (Lipinski definition) is 3. The fourth-order valence-electron chi connectivity index (χ4n) is 2.34. The van der Waals surface area contributed by atoms with Gasteiger partial charge >= 0.3 is 0 Å². The Hall–Kier alpha value is -0.700. The van der Waals surface area contributed by atoms with Crippen LogP contribution >= 0.6 is 0 Å². The molecule has 0 saturated heterocycles. The van der Waals surface area contributed by atoms with E-state index in [0.717, 1.165) is 49.9 Å². The van der Waals surface area contributed by atoms with Gasteiger partial charge in [-0.1, -0.05) is 26.2 Å². The molecule has 0 aromatic heterocycles. The van der Waals surface area contributed by atoms with E-state index >= 15 is 0 Å². The Kier molecular flexibility index (Phi) is 11.9. The van der Waals surface area contributed by atoms with Crippen molar-refractivity contribution in [3.8, 4) is 0 Å². The third kappa shape index (κ3) is 12.1. The van der Waals surface area contributed by atoms with Gasteiger partial charge in [-0.2, -0.15) is 0 Å². The quantitative estimate of drug-likeness (QED) is 0.332. The Morgan fingerprint density at radius 2 is 1.58 bits per heavy atom. The first kappa shape index (κ1) is 18.3. The largest absolute Gasteiger partial charge is 0.317 e. The Balaban J connectivity index is 3.46. The summed E-state index contributed by atoms with van der Waals surface area (Å²) in [5.74, 6) is 0. The molecule has 1 unspecified atom stereocenters. The molecule has 0 aliphatic heterocycles. The van der Waals surface area contributed by atoms with Crippen LogP contribution in [-0.4, -0.2) is 24.5 Å². The fraction of sp³-hybridized carbons (Fsp3) is 0.875. The molecule has 0 bridgehead atoms. The monoisotopic (exact) mass is 267 g/mol. The SMILES string of the molecule is CCCC(CCC(=N)CCCCCCC(C)=N)NC. The number of hydrogen-bond donors (Lipinski definition) is 3. The van der Waals surface area contributed by atoms with Gasteiger partial charge in [0.15, 0.2) is 0 Å².